The van der Waals surface area contributed by atoms with Crippen LogP contribution in [0.3, 0.4) is 0 Å². The van der Waals surface area contributed by atoms with Gasteiger partial charge in [0.25, 0.3) is 0 Å². The third kappa shape index (κ3) is 4.73. The minimum atomic E-state index is 0.945. The van der Waals surface area contributed by atoms with E-state index in [4.69, 9.17) is 0 Å². The first kappa shape index (κ1) is 14.2. The summed E-state index contributed by atoms with van der Waals surface area (Å²) in [5, 5.41) is 3.50. The van der Waals surface area contributed by atoms with Crippen LogP contribution in [0.1, 0.15) is 16.7 Å². The van der Waals surface area contributed by atoms with Crippen molar-refractivity contribution in [2.75, 3.05) is 12.8 Å². The molecule has 0 saturated heterocycles. The average molecular weight is 271 g/mol. The third-order valence-corrected chi connectivity index (χ3v) is 3.90. The fraction of sp³-hybridized carbons (Fsp3) is 0.294. The molecule has 0 aromatic heterocycles. The van der Waals surface area contributed by atoms with Gasteiger partial charge in [-0.3, -0.25) is 0 Å². The van der Waals surface area contributed by atoms with Crippen LogP contribution in [-0.2, 0) is 13.0 Å². The van der Waals surface area contributed by atoms with Crippen LogP contribution in [0.5, 0.6) is 0 Å². The van der Waals surface area contributed by atoms with Crippen LogP contribution < -0.4 is 5.32 Å². The van der Waals surface area contributed by atoms with Gasteiger partial charge < -0.3 is 5.32 Å². The van der Waals surface area contributed by atoms with Gasteiger partial charge in [0.05, 0.1) is 0 Å². The lowest BCUT2D eigenvalue weighted by Crippen LogP contribution is -2.16. The molecule has 1 N–H and O–H groups in total. The van der Waals surface area contributed by atoms with Crippen molar-refractivity contribution in [1.82, 2.24) is 5.32 Å². The smallest absolute Gasteiger partial charge is 0.0205 e. The first-order valence-electron chi connectivity index (χ1n) is 6.67. The Hall–Kier alpha value is -1.25. The Morgan fingerprint density at radius 3 is 2.47 bits per heavy atom. The predicted octanol–water partition coefficient (Wildman–Crippen LogP) is 4.05. The number of hydrogen-bond acceptors (Lipinski definition) is 2. The number of rotatable bonds is 6. The van der Waals surface area contributed by atoms with Crippen LogP contribution in [0.15, 0.2) is 53.4 Å². The van der Waals surface area contributed by atoms with Gasteiger partial charge >= 0.3 is 0 Å². The molecular weight excluding hydrogens is 250 g/mol. The van der Waals surface area contributed by atoms with E-state index in [9.17, 15) is 0 Å². The van der Waals surface area contributed by atoms with Gasteiger partial charge in [0, 0.05) is 11.4 Å². The molecule has 0 aliphatic carbocycles. The molecule has 0 aliphatic rings. The summed E-state index contributed by atoms with van der Waals surface area (Å²) in [6, 6.07) is 17.5. The Labute approximate surface area is 120 Å². The van der Waals surface area contributed by atoms with Crippen molar-refractivity contribution in [3.8, 4) is 0 Å². The molecule has 100 valence electrons. The van der Waals surface area contributed by atoms with Crippen LogP contribution >= 0.6 is 11.8 Å². The van der Waals surface area contributed by atoms with Gasteiger partial charge in [-0.15, -0.1) is 11.8 Å². The Bertz CT molecular complexity index is 505. The summed E-state index contributed by atoms with van der Waals surface area (Å²) < 4.78 is 0. The molecule has 2 heteroatoms. The summed E-state index contributed by atoms with van der Waals surface area (Å²) >= 11 is 1.78. The number of nitrogens with one attached hydrogen (secondary N) is 1. The lowest BCUT2D eigenvalue weighted by atomic mass is 10.1. The first-order chi connectivity index (χ1) is 9.28. The van der Waals surface area contributed by atoms with Crippen LogP contribution in [-0.4, -0.2) is 12.8 Å². The molecule has 19 heavy (non-hydrogen) atoms. The molecule has 0 saturated carbocycles. The SMILES string of the molecule is CSc1ccc(CNCCc2cccc(C)c2)cc1. The maximum absolute atomic E-state index is 3.50. The summed E-state index contributed by atoms with van der Waals surface area (Å²) in [5.74, 6) is 0. The minimum absolute atomic E-state index is 0.945. The molecule has 2 aromatic carbocycles. The highest BCUT2D eigenvalue weighted by atomic mass is 32.2. The minimum Gasteiger partial charge on any atom is -0.312 e. The summed E-state index contributed by atoms with van der Waals surface area (Å²) in [5.41, 5.74) is 4.09. The fourth-order valence-electron chi connectivity index (χ4n) is 2.08. The van der Waals surface area contributed by atoms with Crippen molar-refractivity contribution in [3.05, 3.63) is 65.2 Å². The van der Waals surface area contributed by atoms with E-state index in [2.05, 4.69) is 67.0 Å². The van der Waals surface area contributed by atoms with E-state index in [1.165, 1.54) is 21.6 Å². The molecule has 2 aromatic rings. The summed E-state index contributed by atoms with van der Waals surface area (Å²) in [6.45, 7) is 4.11. The topological polar surface area (TPSA) is 12.0 Å². The highest BCUT2D eigenvalue weighted by Crippen LogP contribution is 2.14. The maximum Gasteiger partial charge on any atom is 0.0205 e. The molecule has 2 rings (SSSR count). The summed E-state index contributed by atoms with van der Waals surface area (Å²) in [7, 11) is 0. The zero-order valence-corrected chi connectivity index (χ0v) is 12.5. The second-order valence-electron chi connectivity index (χ2n) is 4.76. The molecule has 0 unspecified atom stereocenters. The van der Waals surface area contributed by atoms with Crippen molar-refractivity contribution < 1.29 is 0 Å². The van der Waals surface area contributed by atoms with E-state index < -0.39 is 0 Å². The van der Waals surface area contributed by atoms with Gasteiger partial charge in [0.1, 0.15) is 0 Å². The Kier molecular flexibility index (Phi) is 5.49. The van der Waals surface area contributed by atoms with Gasteiger partial charge in [0.15, 0.2) is 0 Å². The van der Waals surface area contributed by atoms with Crippen LogP contribution in [0, 0.1) is 6.92 Å². The molecular formula is C17H21NS. The molecule has 0 heterocycles. The van der Waals surface area contributed by atoms with E-state index in [0.29, 0.717) is 0 Å². The van der Waals surface area contributed by atoms with Crippen LogP contribution in [0.4, 0.5) is 0 Å². The van der Waals surface area contributed by atoms with Crippen LogP contribution in [0.25, 0.3) is 0 Å². The third-order valence-electron chi connectivity index (χ3n) is 3.16. The predicted molar refractivity (Wildman–Crippen MR) is 84.8 cm³/mol. The van der Waals surface area contributed by atoms with Gasteiger partial charge in [-0.25, -0.2) is 0 Å². The van der Waals surface area contributed by atoms with E-state index in [1.807, 2.05) is 0 Å². The van der Waals surface area contributed by atoms with E-state index in [1.54, 1.807) is 11.8 Å². The van der Waals surface area contributed by atoms with Crippen molar-refractivity contribution >= 4 is 11.8 Å². The Morgan fingerprint density at radius 1 is 1.00 bits per heavy atom. The van der Waals surface area contributed by atoms with Crippen molar-refractivity contribution in [2.24, 2.45) is 0 Å². The standard InChI is InChI=1S/C17H21NS/c1-14-4-3-5-15(12-14)10-11-18-13-16-6-8-17(19-2)9-7-16/h3-9,12,18H,10-11,13H2,1-2H3. The van der Waals surface area contributed by atoms with Crippen LogP contribution in [0.2, 0.25) is 0 Å². The Morgan fingerprint density at radius 2 is 1.79 bits per heavy atom. The highest BCUT2D eigenvalue weighted by molar-refractivity contribution is 7.98. The van der Waals surface area contributed by atoms with E-state index >= 15 is 0 Å². The summed E-state index contributed by atoms with van der Waals surface area (Å²) in [6.07, 6.45) is 3.19. The summed E-state index contributed by atoms with van der Waals surface area (Å²) in [4.78, 5) is 1.32. The highest BCUT2D eigenvalue weighted by Gasteiger charge is 1.96. The molecule has 0 atom stereocenters. The molecule has 0 aliphatic heterocycles. The lowest BCUT2D eigenvalue weighted by molar-refractivity contribution is 0.686. The van der Waals surface area contributed by atoms with Gasteiger partial charge in [0.2, 0.25) is 0 Å². The van der Waals surface area contributed by atoms with Crippen molar-refractivity contribution in [1.29, 1.82) is 0 Å². The molecule has 0 spiro atoms. The van der Waals surface area contributed by atoms with E-state index in [-0.39, 0.29) is 0 Å². The zero-order valence-electron chi connectivity index (χ0n) is 11.6. The van der Waals surface area contributed by atoms with E-state index in [0.717, 1.165) is 19.5 Å². The number of hydrogen-bond donors (Lipinski definition) is 1. The van der Waals surface area contributed by atoms with Crippen molar-refractivity contribution in [2.45, 2.75) is 24.8 Å². The average Bonchev–Trinajstić information content (AvgIpc) is 2.44. The maximum atomic E-state index is 3.50. The number of benzene rings is 2. The molecule has 1 nitrogen and oxygen atoms in total. The normalized spacial score (nSPS) is 10.6. The van der Waals surface area contributed by atoms with Gasteiger partial charge in [-0.1, -0.05) is 42.0 Å². The Balaban J connectivity index is 1.74. The zero-order chi connectivity index (χ0) is 13.5. The monoisotopic (exact) mass is 271 g/mol. The van der Waals surface area contributed by atoms with Crippen molar-refractivity contribution in [3.63, 3.8) is 0 Å². The molecule has 0 fully saturated rings. The quantitative estimate of drug-likeness (QED) is 0.628. The van der Waals surface area contributed by atoms with Gasteiger partial charge in [-0.05, 0) is 49.4 Å². The fourth-order valence-corrected chi connectivity index (χ4v) is 2.48. The first-order valence-corrected chi connectivity index (χ1v) is 7.89. The van der Waals surface area contributed by atoms with Gasteiger partial charge in [-0.2, -0.15) is 0 Å². The second-order valence-corrected chi connectivity index (χ2v) is 5.64. The molecule has 0 radical (unpaired) electrons. The number of aryl methyl sites for hydroxylation is 1. The second kappa shape index (κ2) is 7.37. The molecule has 0 amide bonds. The number of thioether (sulfide) groups is 1. The lowest BCUT2D eigenvalue weighted by Gasteiger charge is -2.06. The largest absolute Gasteiger partial charge is 0.312 e. The molecule has 0 bridgehead atoms.